The molecule has 1 atom stereocenters. The number of rotatable bonds is 3. The molecule has 1 fully saturated rings. The fourth-order valence-electron chi connectivity index (χ4n) is 3.68. The number of anilines is 1. The van der Waals surface area contributed by atoms with Gasteiger partial charge in [-0.15, -0.1) is 0 Å². The number of nitrogens with zero attached hydrogens (tertiary/aromatic N) is 2. The van der Waals surface area contributed by atoms with Crippen molar-refractivity contribution in [1.82, 2.24) is 4.98 Å². The van der Waals surface area contributed by atoms with Gasteiger partial charge in [0.2, 0.25) is 0 Å². The average Bonchev–Trinajstić information content (AvgIpc) is 3.01. The third-order valence-electron chi connectivity index (χ3n) is 5.19. The normalized spacial score (nSPS) is 18.1. The van der Waals surface area contributed by atoms with E-state index in [9.17, 15) is 14.7 Å². The van der Waals surface area contributed by atoms with E-state index in [0.29, 0.717) is 21.8 Å². The van der Waals surface area contributed by atoms with Crippen LogP contribution in [-0.4, -0.2) is 21.8 Å². The van der Waals surface area contributed by atoms with E-state index in [2.05, 4.69) is 4.98 Å². The number of aromatic nitrogens is 1. The molecule has 0 spiro atoms. The first-order valence-electron chi connectivity index (χ1n) is 9.42. The SMILES string of the molecule is Cc1ccc(C)c(N2C(=O)C(=O)/C(=C(/O)c3ccc(Cl)cc3)C2c2cccnc2)c1. The fraction of sp³-hybridized carbons (Fsp3) is 0.125. The molecule has 0 radical (unpaired) electrons. The highest BCUT2D eigenvalue weighted by Crippen LogP contribution is 2.43. The zero-order chi connectivity index (χ0) is 21.4. The molecule has 6 heteroatoms. The van der Waals surface area contributed by atoms with Gasteiger partial charge in [0.1, 0.15) is 5.76 Å². The molecule has 2 aromatic carbocycles. The van der Waals surface area contributed by atoms with Gasteiger partial charge in [-0.05, 0) is 66.9 Å². The first kappa shape index (κ1) is 19.9. The van der Waals surface area contributed by atoms with E-state index < -0.39 is 17.7 Å². The number of amides is 1. The lowest BCUT2D eigenvalue weighted by Gasteiger charge is -2.27. The topological polar surface area (TPSA) is 70.5 Å². The van der Waals surface area contributed by atoms with Gasteiger partial charge in [-0.1, -0.05) is 29.8 Å². The third kappa shape index (κ3) is 3.37. The Labute approximate surface area is 179 Å². The van der Waals surface area contributed by atoms with E-state index in [1.807, 2.05) is 32.0 Å². The maximum atomic E-state index is 13.1. The van der Waals surface area contributed by atoms with E-state index in [4.69, 9.17) is 11.6 Å². The predicted molar refractivity (Wildman–Crippen MR) is 116 cm³/mol. The third-order valence-corrected chi connectivity index (χ3v) is 5.44. The van der Waals surface area contributed by atoms with Crippen LogP contribution in [0.2, 0.25) is 5.02 Å². The van der Waals surface area contributed by atoms with E-state index in [1.165, 1.54) is 4.90 Å². The van der Waals surface area contributed by atoms with E-state index in [-0.39, 0.29) is 11.3 Å². The van der Waals surface area contributed by atoms with Gasteiger partial charge in [-0.25, -0.2) is 0 Å². The van der Waals surface area contributed by atoms with Crippen molar-refractivity contribution in [3.63, 3.8) is 0 Å². The van der Waals surface area contributed by atoms with E-state index in [1.54, 1.807) is 48.8 Å². The summed E-state index contributed by atoms with van der Waals surface area (Å²) in [7, 11) is 0. The molecule has 1 unspecified atom stereocenters. The van der Waals surface area contributed by atoms with Crippen molar-refractivity contribution in [2.24, 2.45) is 0 Å². The van der Waals surface area contributed by atoms with Crippen molar-refractivity contribution in [3.8, 4) is 0 Å². The van der Waals surface area contributed by atoms with Gasteiger partial charge in [0.15, 0.2) is 0 Å². The van der Waals surface area contributed by atoms with Crippen LogP contribution < -0.4 is 4.90 Å². The number of carbonyl (C=O) groups excluding carboxylic acids is 2. The van der Waals surface area contributed by atoms with Gasteiger partial charge in [-0.3, -0.25) is 19.5 Å². The van der Waals surface area contributed by atoms with Crippen LogP contribution in [0.25, 0.3) is 5.76 Å². The molecule has 5 nitrogen and oxygen atoms in total. The van der Waals surface area contributed by atoms with Gasteiger partial charge in [0.25, 0.3) is 11.7 Å². The lowest BCUT2D eigenvalue weighted by Crippen LogP contribution is -2.30. The largest absolute Gasteiger partial charge is 0.507 e. The first-order chi connectivity index (χ1) is 14.4. The minimum Gasteiger partial charge on any atom is -0.507 e. The molecule has 2 heterocycles. The molecule has 4 rings (SSSR count). The molecule has 1 saturated heterocycles. The molecule has 1 N–H and O–H groups in total. The number of halogens is 1. The van der Waals surface area contributed by atoms with Crippen LogP contribution in [0.15, 0.2) is 72.6 Å². The maximum Gasteiger partial charge on any atom is 0.300 e. The molecule has 150 valence electrons. The Kier molecular flexibility index (Phi) is 5.14. The van der Waals surface area contributed by atoms with Crippen molar-refractivity contribution >= 4 is 34.7 Å². The molecular weight excluding hydrogens is 400 g/mol. The molecule has 1 amide bonds. The Bertz CT molecular complexity index is 1170. The van der Waals surface area contributed by atoms with Crippen molar-refractivity contribution in [2.45, 2.75) is 19.9 Å². The lowest BCUT2D eigenvalue weighted by molar-refractivity contribution is -0.132. The van der Waals surface area contributed by atoms with Crippen molar-refractivity contribution < 1.29 is 14.7 Å². The number of Topliss-reactive ketones (excluding diaryl/α,β-unsaturated/α-hetero) is 1. The molecule has 30 heavy (non-hydrogen) atoms. The monoisotopic (exact) mass is 418 g/mol. The van der Waals surface area contributed by atoms with Crippen molar-refractivity contribution in [3.05, 3.63) is 99.8 Å². The standard InChI is InChI=1S/C24H19ClN2O3/c1-14-5-6-15(2)19(12-14)27-21(17-4-3-11-26-13-17)20(23(29)24(27)30)22(28)16-7-9-18(25)10-8-16/h3-13,21,28H,1-2H3/b22-20+. The minimum absolute atomic E-state index is 0.0243. The Hall–Kier alpha value is -3.44. The number of hydrogen-bond acceptors (Lipinski definition) is 4. The maximum absolute atomic E-state index is 13.1. The number of aryl methyl sites for hydroxylation is 2. The van der Waals surface area contributed by atoms with Crippen LogP contribution in [0.4, 0.5) is 5.69 Å². The van der Waals surface area contributed by atoms with Gasteiger partial charge < -0.3 is 5.11 Å². The summed E-state index contributed by atoms with van der Waals surface area (Å²) in [5.41, 5.74) is 3.50. The second kappa shape index (κ2) is 7.76. The average molecular weight is 419 g/mol. The second-order valence-corrected chi connectivity index (χ2v) is 7.69. The van der Waals surface area contributed by atoms with Crippen LogP contribution in [-0.2, 0) is 9.59 Å². The number of carbonyl (C=O) groups is 2. The Balaban J connectivity index is 1.97. The van der Waals surface area contributed by atoms with Crippen LogP contribution >= 0.6 is 11.6 Å². The van der Waals surface area contributed by atoms with Crippen LogP contribution in [0.5, 0.6) is 0 Å². The molecular formula is C24H19ClN2O3. The zero-order valence-corrected chi connectivity index (χ0v) is 17.2. The second-order valence-electron chi connectivity index (χ2n) is 7.25. The summed E-state index contributed by atoms with van der Waals surface area (Å²) < 4.78 is 0. The zero-order valence-electron chi connectivity index (χ0n) is 16.5. The summed E-state index contributed by atoms with van der Waals surface area (Å²) >= 11 is 5.95. The summed E-state index contributed by atoms with van der Waals surface area (Å²) in [6.07, 6.45) is 3.22. The quantitative estimate of drug-likeness (QED) is 0.370. The Morgan fingerprint density at radius 3 is 2.47 bits per heavy atom. The highest BCUT2D eigenvalue weighted by Gasteiger charge is 2.47. The van der Waals surface area contributed by atoms with Gasteiger partial charge >= 0.3 is 0 Å². The van der Waals surface area contributed by atoms with Crippen molar-refractivity contribution in [2.75, 3.05) is 4.90 Å². The van der Waals surface area contributed by atoms with Crippen LogP contribution in [0.1, 0.15) is 28.3 Å². The number of benzene rings is 2. The number of aliphatic hydroxyl groups is 1. The molecule has 0 aliphatic carbocycles. The first-order valence-corrected chi connectivity index (χ1v) is 9.80. The lowest BCUT2D eigenvalue weighted by atomic mass is 9.96. The number of ketones is 1. The smallest absolute Gasteiger partial charge is 0.300 e. The molecule has 0 saturated carbocycles. The highest BCUT2D eigenvalue weighted by atomic mass is 35.5. The molecule has 1 aromatic heterocycles. The molecule has 3 aromatic rings. The van der Waals surface area contributed by atoms with E-state index >= 15 is 0 Å². The van der Waals surface area contributed by atoms with Crippen LogP contribution in [0.3, 0.4) is 0 Å². The van der Waals surface area contributed by atoms with Crippen LogP contribution in [0, 0.1) is 13.8 Å². The Morgan fingerprint density at radius 1 is 1.07 bits per heavy atom. The number of pyridine rings is 1. The fourth-order valence-corrected chi connectivity index (χ4v) is 3.80. The van der Waals surface area contributed by atoms with E-state index in [0.717, 1.165) is 11.1 Å². The molecule has 0 bridgehead atoms. The van der Waals surface area contributed by atoms with Gasteiger partial charge in [0, 0.05) is 28.7 Å². The summed E-state index contributed by atoms with van der Waals surface area (Å²) in [5.74, 6) is -1.67. The Morgan fingerprint density at radius 2 is 1.80 bits per heavy atom. The van der Waals surface area contributed by atoms with Gasteiger partial charge in [-0.2, -0.15) is 0 Å². The molecule has 1 aliphatic heterocycles. The van der Waals surface area contributed by atoms with Gasteiger partial charge in [0.05, 0.1) is 11.6 Å². The summed E-state index contributed by atoms with van der Waals surface area (Å²) in [6.45, 7) is 3.81. The number of hydrogen-bond donors (Lipinski definition) is 1. The highest BCUT2D eigenvalue weighted by molar-refractivity contribution is 6.51. The predicted octanol–water partition coefficient (Wildman–Crippen LogP) is 4.98. The minimum atomic E-state index is -0.796. The summed E-state index contributed by atoms with van der Waals surface area (Å²) in [6, 6.07) is 14.9. The number of aliphatic hydroxyl groups excluding tert-OH is 1. The molecule has 1 aliphatic rings. The van der Waals surface area contributed by atoms with Crippen molar-refractivity contribution in [1.29, 1.82) is 0 Å². The summed E-state index contributed by atoms with van der Waals surface area (Å²) in [4.78, 5) is 31.8. The summed E-state index contributed by atoms with van der Waals surface area (Å²) in [5, 5.41) is 11.5.